The second-order valence-corrected chi connectivity index (χ2v) is 9.74. The summed E-state index contributed by atoms with van der Waals surface area (Å²) in [7, 11) is 0. The van der Waals surface area contributed by atoms with Crippen molar-refractivity contribution in [1.29, 1.82) is 0 Å². The first-order valence-electron chi connectivity index (χ1n) is 10.3. The first-order chi connectivity index (χ1) is 11.0. The Morgan fingerprint density at radius 1 is 1.04 bits per heavy atom. The summed E-state index contributed by atoms with van der Waals surface area (Å²) in [5.74, 6) is 3.54. The Morgan fingerprint density at radius 2 is 1.87 bits per heavy atom. The highest BCUT2D eigenvalue weighted by molar-refractivity contribution is 5.08. The van der Waals surface area contributed by atoms with Gasteiger partial charge in [0.25, 0.3) is 0 Å². The van der Waals surface area contributed by atoms with Crippen LogP contribution in [0.2, 0.25) is 0 Å². The molecule has 4 aliphatic carbocycles. The third-order valence-corrected chi connectivity index (χ3v) is 8.82. The second kappa shape index (κ2) is 5.73. The lowest BCUT2D eigenvalue weighted by Gasteiger charge is -2.61. The number of fused-ring (bicyclic) bond motifs is 5. The Bertz CT molecular complexity index is 449. The quantitative estimate of drug-likeness (QED) is 0.792. The highest BCUT2D eigenvalue weighted by atomic mass is 16.5. The van der Waals surface area contributed by atoms with Gasteiger partial charge in [-0.1, -0.05) is 20.3 Å². The van der Waals surface area contributed by atoms with E-state index in [2.05, 4.69) is 20.8 Å². The van der Waals surface area contributed by atoms with E-state index in [1.165, 1.54) is 44.9 Å². The van der Waals surface area contributed by atoms with Gasteiger partial charge in [-0.25, -0.2) is 0 Å². The van der Waals surface area contributed by atoms with Crippen LogP contribution in [0.3, 0.4) is 0 Å². The van der Waals surface area contributed by atoms with E-state index in [0.29, 0.717) is 10.8 Å². The van der Waals surface area contributed by atoms with Crippen molar-refractivity contribution < 1.29 is 9.84 Å². The topological polar surface area (TPSA) is 29.5 Å². The molecule has 4 rings (SSSR count). The van der Waals surface area contributed by atoms with Gasteiger partial charge >= 0.3 is 0 Å². The van der Waals surface area contributed by atoms with E-state index < -0.39 is 0 Å². The van der Waals surface area contributed by atoms with Crippen LogP contribution in [-0.2, 0) is 4.74 Å². The van der Waals surface area contributed by atoms with Crippen LogP contribution in [0.1, 0.15) is 78.6 Å². The Labute approximate surface area is 142 Å². The predicted octanol–water partition coefficient (Wildman–Crippen LogP) is 4.80. The molecule has 4 saturated carbocycles. The molecule has 2 heteroatoms. The van der Waals surface area contributed by atoms with Gasteiger partial charge in [0.15, 0.2) is 0 Å². The first-order valence-corrected chi connectivity index (χ1v) is 10.3. The zero-order valence-corrected chi connectivity index (χ0v) is 15.4. The van der Waals surface area contributed by atoms with Gasteiger partial charge in [0.1, 0.15) is 0 Å². The van der Waals surface area contributed by atoms with E-state index in [-0.39, 0.29) is 12.2 Å². The number of hydrogen-bond acceptors (Lipinski definition) is 2. The van der Waals surface area contributed by atoms with Gasteiger partial charge in [-0.3, -0.25) is 0 Å². The van der Waals surface area contributed by atoms with Crippen LogP contribution in [0.5, 0.6) is 0 Å². The monoisotopic (exact) mass is 320 g/mol. The second-order valence-electron chi connectivity index (χ2n) is 9.74. The number of hydrogen-bond donors (Lipinski definition) is 1. The number of aliphatic hydroxyl groups excluding tert-OH is 1. The predicted molar refractivity (Wildman–Crippen MR) is 93.1 cm³/mol. The molecule has 0 amide bonds. The summed E-state index contributed by atoms with van der Waals surface area (Å²) in [6, 6.07) is 0. The molecular formula is C21H36O2. The van der Waals surface area contributed by atoms with E-state index in [1.807, 2.05) is 0 Å². The summed E-state index contributed by atoms with van der Waals surface area (Å²) in [6.07, 6.45) is 12.0. The standard InChI is InChI=1S/C21H36O2/c1-4-23-19-13-21(3)14(12-18(19)22)7-8-15-16-6-5-10-20(16,2)11-9-17(15)21/h14-19,22H,4-13H2,1-3H3. The van der Waals surface area contributed by atoms with E-state index in [1.54, 1.807) is 0 Å². The number of rotatable bonds is 2. The van der Waals surface area contributed by atoms with E-state index in [4.69, 9.17) is 4.74 Å². The molecule has 1 N–H and O–H groups in total. The lowest BCUT2D eigenvalue weighted by molar-refractivity contribution is -0.168. The molecule has 0 aromatic rings. The highest BCUT2D eigenvalue weighted by Gasteiger charge is 2.59. The van der Waals surface area contributed by atoms with Crippen molar-refractivity contribution >= 4 is 0 Å². The van der Waals surface area contributed by atoms with Crippen molar-refractivity contribution in [3.63, 3.8) is 0 Å². The Hall–Kier alpha value is -0.0800. The summed E-state index contributed by atoms with van der Waals surface area (Å²) in [5, 5.41) is 10.5. The number of ether oxygens (including phenoxy) is 1. The van der Waals surface area contributed by atoms with E-state index >= 15 is 0 Å². The molecule has 8 atom stereocenters. The minimum Gasteiger partial charge on any atom is -0.390 e. The fourth-order valence-electron chi connectivity index (χ4n) is 7.63. The fraction of sp³-hybridized carbons (Fsp3) is 1.00. The van der Waals surface area contributed by atoms with Crippen LogP contribution in [0.4, 0.5) is 0 Å². The Balaban J connectivity index is 1.60. The van der Waals surface area contributed by atoms with Crippen LogP contribution in [0.15, 0.2) is 0 Å². The molecule has 0 bridgehead atoms. The summed E-state index contributed by atoms with van der Waals surface area (Å²) in [4.78, 5) is 0. The van der Waals surface area contributed by atoms with Gasteiger partial charge < -0.3 is 9.84 Å². The molecule has 0 radical (unpaired) electrons. The molecule has 0 heterocycles. The van der Waals surface area contributed by atoms with Gasteiger partial charge in [-0.05, 0) is 92.8 Å². The summed E-state index contributed by atoms with van der Waals surface area (Å²) in [5.41, 5.74) is 1.06. The van der Waals surface area contributed by atoms with Crippen molar-refractivity contribution in [2.45, 2.75) is 90.8 Å². The lowest BCUT2D eigenvalue weighted by Crippen LogP contribution is -2.56. The van der Waals surface area contributed by atoms with Crippen LogP contribution < -0.4 is 0 Å². The van der Waals surface area contributed by atoms with Crippen molar-refractivity contribution in [2.75, 3.05) is 6.61 Å². The first kappa shape index (κ1) is 16.4. The smallest absolute Gasteiger partial charge is 0.0839 e. The van der Waals surface area contributed by atoms with Gasteiger partial charge in [-0.15, -0.1) is 0 Å². The zero-order chi connectivity index (χ0) is 16.2. The normalized spacial score (nSPS) is 55.8. The Kier molecular flexibility index (Phi) is 4.08. The van der Waals surface area contributed by atoms with Crippen LogP contribution in [-0.4, -0.2) is 23.9 Å². The minimum absolute atomic E-state index is 0.0805. The maximum atomic E-state index is 10.5. The summed E-state index contributed by atoms with van der Waals surface area (Å²) < 4.78 is 5.95. The molecule has 8 unspecified atom stereocenters. The maximum Gasteiger partial charge on any atom is 0.0839 e. The third-order valence-electron chi connectivity index (χ3n) is 8.82. The van der Waals surface area contributed by atoms with Gasteiger partial charge in [0.2, 0.25) is 0 Å². The van der Waals surface area contributed by atoms with Crippen LogP contribution in [0.25, 0.3) is 0 Å². The molecule has 0 aromatic heterocycles. The zero-order valence-electron chi connectivity index (χ0n) is 15.4. The highest BCUT2D eigenvalue weighted by Crippen LogP contribution is 2.66. The lowest BCUT2D eigenvalue weighted by atomic mass is 9.45. The molecule has 0 aromatic carbocycles. The molecule has 2 nitrogen and oxygen atoms in total. The molecule has 4 aliphatic rings. The van der Waals surface area contributed by atoms with Gasteiger partial charge in [0.05, 0.1) is 12.2 Å². The van der Waals surface area contributed by atoms with Crippen molar-refractivity contribution in [3.8, 4) is 0 Å². The van der Waals surface area contributed by atoms with E-state index in [9.17, 15) is 5.11 Å². The third kappa shape index (κ3) is 2.42. The molecule has 0 aliphatic heterocycles. The minimum atomic E-state index is -0.232. The molecule has 132 valence electrons. The summed E-state index contributed by atoms with van der Waals surface area (Å²) in [6.45, 7) is 7.94. The Morgan fingerprint density at radius 3 is 2.65 bits per heavy atom. The van der Waals surface area contributed by atoms with Crippen molar-refractivity contribution in [3.05, 3.63) is 0 Å². The molecular weight excluding hydrogens is 284 g/mol. The molecule has 0 saturated heterocycles. The van der Waals surface area contributed by atoms with E-state index in [0.717, 1.165) is 43.1 Å². The largest absolute Gasteiger partial charge is 0.390 e. The van der Waals surface area contributed by atoms with Gasteiger partial charge in [-0.2, -0.15) is 0 Å². The molecule has 4 fully saturated rings. The van der Waals surface area contributed by atoms with Gasteiger partial charge in [0, 0.05) is 6.61 Å². The SMILES string of the molecule is CCOC1CC2(C)C(CCC3C4CCCC4(C)CCC32)CC1O. The fourth-order valence-corrected chi connectivity index (χ4v) is 7.63. The van der Waals surface area contributed by atoms with Crippen molar-refractivity contribution in [2.24, 2.45) is 34.5 Å². The number of aliphatic hydroxyl groups is 1. The average Bonchev–Trinajstić information content (AvgIpc) is 2.91. The average molecular weight is 321 g/mol. The molecule has 0 spiro atoms. The van der Waals surface area contributed by atoms with Crippen molar-refractivity contribution in [1.82, 2.24) is 0 Å². The summed E-state index contributed by atoms with van der Waals surface area (Å²) >= 11 is 0. The van der Waals surface area contributed by atoms with Crippen LogP contribution in [0, 0.1) is 34.5 Å². The van der Waals surface area contributed by atoms with Crippen LogP contribution >= 0.6 is 0 Å². The maximum absolute atomic E-state index is 10.5. The molecule has 23 heavy (non-hydrogen) atoms.